The van der Waals surface area contributed by atoms with Gasteiger partial charge >= 0.3 is 0 Å². The first-order valence-corrected chi connectivity index (χ1v) is 8.95. The molecule has 2 aliphatic carbocycles. The lowest BCUT2D eigenvalue weighted by Gasteiger charge is -2.56. The van der Waals surface area contributed by atoms with Crippen LogP contribution in [0.15, 0.2) is 34.7 Å². The van der Waals surface area contributed by atoms with Crippen molar-refractivity contribution in [1.82, 2.24) is 0 Å². The van der Waals surface area contributed by atoms with E-state index in [2.05, 4.69) is 26.0 Å². The number of hydrogen-bond donors (Lipinski definition) is 0. The van der Waals surface area contributed by atoms with E-state index in [0.29, 0.717) is 11.8 Å². The average Bonchev–Trinajstić information content (AvgIpc) is 3.18. The van der Waals surface area contributed by atoms with Gasteiger partial charge in [0.25, 0.3) is 0 Å². The third-order valence-corrected chi connectivity index (χ3v) is 6.99. The monoisotopic (exact) mass is 314 g/mol. The molecule has 1 aliphatic heterocycles. The van der Waals surface area contributed by atoms with E-state index in [4.69, 9.17) is 9.15 Å². The summed E-state index contributed by atoms with van der Waals surface area (Å²) in [6, 6.07) is 2.06. The predicted octanol–water partition coefficient (Wildman–Crippen LogP) is 4.32. The van der Waals surface area contributed by atoms with Crippen LogP contribution in [0.5, 0.6) is 0 Å². The molecule has 0 amide bonds. The molecule has 3 nitrogen and oxygen atoms in total. The molecule has 1 saturated heterocycles. The highest BCUT2D eigenvalue weighted by molar-refractivity contribution is 6.00. The minimum atomic E-state index is -0.285. The van der Waals surface area contributed by atoms with E-state index in [1.54, 1.807) is 6.26 Å². The van der Waals surface area contributed by atoms with Crippen LogP contribution >= 0.6 is 0 Å². The van der Waals surface area contributed by atoms with Crippen molar-refractivity contribution >= 4 is 5.78 Å². The van der Waals surface area contributed by atoms with Gasteiger partial charge in [-0.3, -0.25) is 4.79 Å². The molecule has 0 aromatic carbocycles. The summed E-state index contributed by atoms with van der Waals surface area (Å²) in [5, 5.41) is 0. The van der Waals surface area contributed by atoms with Gasteiger partial charge in [-0.05, 0) is 67.4 Å². The Kier molecular flexibility index (Phi) is 3.53. The molecule has 4 rings (SSSR count). The Morgan fingerprint density at radius 1 is 1.35 bits per heavy atom. The fourth-order valence-corrected chi connectivity index (χ4v) is 5.40. The van der Waals surface area contributed by atoms with Gasteiger partial charge in [-0.25, -0.2) is 0 Å². The maximum absolute atomic E-state index is 12.3. The SMILES string of the molecule is C[C@@H]1CC[C@@]23OCC(=O)C2=CCC[C@@H]3[C@@]1(C)CCc1ccoc1. The molecule has 1 spiro atoms. The van der Waals surface area contributed by atoms with Gasteiger partial charge in [-0.2, -0.15) is 0 Å². The highest BCUT2D eigenvalue weighted by Gasteiger charge is 2.60. The van der Waals surface area contributed by atoms with Crippen LogP contribution < -0.4 is 0 Å². The lowest BCUT2D eigenvalue weighted by Crippen LogP contribution is -2.55. The molecule has 1 aromatic rings. The number of aryl methyl sites for hydroxylation is 1. The van der Waals surface area contributed by atoms with Crippen LogP contribution in [0.2, 0.25) is 0 Å². The van der Waals surface area contributed by atoms with Gasteiger partial charge in [0.2, 0.25) is 0 Å². The largest absolute Gasteiger partial charge is 0.472 e. The Labute approximate surface area is 138 Å². The summed E-state index contributed by atoms with van der Waals surface area (Å²) in [5.74, 6) is 1.34. The van der Waals surface area contributed by atoms with E-state index in [1.807, 2.05) is 6.26 Å². The van der Waals surface area contributed by atoms with E-state index in [0.717, 1.165) is 44.1 Å². The Bertz CT molecular complexity index is 629. The fourth-order valence-electron chi connectivity index (χ4n) is 5.40. The number of allylic oxidation sites excluding steroid dienone is 1. The van der Waals surface area contributed by atoms with Gasteiger partial charge in [-0.15, -0.1) is 0 Å². The summed E-state index contributed by atoms with van der Waals surface area (Å²) in [6.07, 6.45) is 12.3. The second-order valence-corrected chi connectivity index (χ2v) is 7.93. The molecule has 0 unspecified atom stereocenters. The van der Waals surface area contributed by atoms with Crippen LogP contribution in [-0.4, -0.2) is 18.0 Å². The highest BCUT2D eigenvalue weighted by atomic mass is 16.5. The summed E-state index contributed by atoms with van der Waals surface area (Å²) >= 11 is 0. The molecule has 23 heavy (non-hydrogen) atoms. The summed E-state index contributed by atoms with van der Waals surface area (Å²) in [6.45, 7) is 5.10. The number of ether oxygens (including phenoxy) is 1. The second kappa shape index (κ2) is 5.34. The maximum Gasteiger partial charge on any atom is 0.187 e. The third-order valence-electron chi connectivity index (χ3n) is 6.99. The van der Waals surface area contributed by atoms with Gasteiger partial charge in [0.1, 0.15) is 12.2 Å². The van der Waals surface area contributed by atoms with E-state index < -0.39 is 0 Å². The van der Waals surface area contributed by atoms with Crippen molar-refractivity contribution in [3.63, 3.8) is 0 Å². The minimum Gasteiger partial charge on any atom is -0.472 e. The zero-order chi connectivity index (χ0) is 16.1. The molecule has 3 aliphatic rings. The number of ketones is 1. The summed E-state index contributed by atoms with van der Waals surface area (Å²) in [5.41, 5.74) is 2.19. The summed E-state index contributed by atoms with van der Waals surface area (Å²) in [7, 11) is 0. The van der Waals surface area contributed by atoms with Crippen molar-refractivity contribution in [2.24, 2.45) is 17.3 Å². The molecule has 1 aromatic heterocycles. The second-order valence-electron chi connectivity index (χ2n) is 7.93. The molecule has 2 heterocycles. The lowest BCUT2D eigenvalue weighted by molar-refractivity contribution is -0.134. The Hall–Kier alpha value is -1.35. The van der Waals surface area contributed by atoms with Crippen LogP contribution in [-0.2, 0) is 16.0 Å². The quantitative estimate of drug-likeness (QED) is 0.834. The molecule has 1 saturated carbocycles. The number of rotatable bonds is 3. The van der Waals surface area contributed by atoms with Gasteiger partial charge in [0.15, 0.2) is 5.78 Å². The van der Waals surface area contributed by atoms with Crippen molar-refractivity contribution in [3.05, 3.63) is 35.8 Å². The van der Waals surface area contributed by atoms with Crippen LogP contribution in [0.25, 0.3) is 0 Å². The average molecular weight is 314 g/mol. The van der Waals surface area contributed by atoms with Crippen LogP contribution in [0, 0.1) is 17.3 Å². The Morgan fingerprint density at radius 2 is 2.22 bits per heavy atom. The zero-order valence-corrected chi connectivity index (χ0v) is 14.1. The van der Waals surface area contributed by atoms with Crippen molar-refractivity contribution < 1.29 is 13.9 Å². The highest BCUT2D eigenvalue weighted by Crippen LogP contribution is 2.60. The summed E-state index contributed by atoms with van der Waals surface area (Å²) in [4.78, 5) is 12.3. The van der Waals surface area contributed by atoms with Crippen molar-refractivity contribution in [3.8, 4) is 0 Å². The molecular weight excluding hydrogens is 288 g/mol. The number of carbonyl (C=O) groups excluding carboxylic acids is 1. The van der Waals surface area contributed by atoms with Crippen molar-refractivity contribution in [2.75, 3.05) is 6.61 Å². The van der Waals surface area contributed by atoms with Gasteiger partial charge in [0, 0.05) is 5.57 Å². The summed E-state index contributed by atoms with van der Waals surface area (Å²) < 4.78 is 11.4. The van der Waals surface area contributed by atoms with E-state index in [1.165, 1.54) is 5.56 Å². The molecule has 3 heteroatoms. The molecule has 4 atom stereocenters. The number of hydrogen-bond acceptors (Lipinski definition) is 3. The third kappa shape index (κ3) is 2.16. The van der Waals surface area contributed by atoms with Crippen molar-refractivity contribution in [1.29, 1.82) is 0 Å². The topological polar surface area (TPSA) is 39.4 Å². The molecule has 2 fully saturated rings. The molecule has 0 N–H and O–H groups in total. The molecular formula is C20H26O3. The molecule has 124 valence electrons. The fraction of sp³-hybridized carbons (Fsp3) is 0.650. The first-order valence-electron chi connectivity index (χ1n) is 8.95. The maximum atomic E-state index is 12.3. The van der Waals surface area contributed by atoms with Gasteiger partial charge in [-0.1, -0.05) is 19.9 Å². The normalized spacial score (nSPS) is 39.7. The van der Waals surface area contributed by atoms with Crippen molar-refractivity contribution in [2.45, 2.75) is 58.0 Å². The predicted molar refractivity (Wildman–Crippen MR) is 88.0 cm³/mol. The molecule has 0 radical (unpaired) electrons. The van der Waals surface area contributed by atoms with Gasteiger partial charge in [0.05, 0.1) is 12.5 Å². The lowest BCUT2D eigenvalue weighted by atomic mass is 9.50. The van der Waals surface area contributed by atoms with Crippen LogP contribution in [0.3, 0.4) is 0 Å². The number of Topliss-reactive ketones (excluding diaryl/α,β-unsaturated/α-hetero) is 1. The smallest absolute Gasteiger partial charge is 0.187 e. The van der Waals surface area contributed by atoms with Crippen LogP contribution in [0.1, 0.15) is 51.5 Å². The Morgan fingerprint density at radius 3 is 3.00 bits per heavy atom. The van der Waals surface area contributed by atoms with E-state index in [9.17, 15) is 4.79 Å². The minimum absolute atomic E-state index is 0.208. The Balaban J connectivity index is 1.65. The first-order chi connectivity index (χ1) is 11.1. The van der Waals surface area contributed by atoms with E-state index in [-0.39, 0.29) is 23.4 Å². The van der Waals surface area contributed by atoms with Gasteiger partial charge < -0.3 is 9.15 Å². The number of furan rings is 1. The molecule has 0 bridgehead atoms. The van der Waals surface area contributed by atoms with Crippen LogP contribution in [0.4, 0.5) is 0 Å². The number of carbonyl (C=O) groups is 1. The standard InChI is InChI=1S/C20H26O3/c1-14-6-10-20-16(17(21)13-23-20)4-3-5-18(20)19(14,2)9-7-15-8-11-22-12-15/h4,8,11-12,14,18H,3,5-7,9-10,13H2,1-2H3/t14-,18-,19+,20-/m1/s1. The zero-order valence-electron chi connectivity index (χ0n) is 14.1. The van der Waals surface area contributed by atoms with E-state index >= 15 is 0 Å². The first kappa shape index (κ1) is 15.2.